The molecule has 0 fully saturated rings. The van der Waals surface area contributed by atoms with E-state index in [0.717, 1.165) is 11.4 Å². The van der Waals surface area contributed by atoms with E-state index in [2.05, 4.69) is 14.9 Å². The van der Waals surface area contributed by atoms with Crippen LogP contribution in [0.1, 0.15) is 31.9 Å². The molecular formula is C16H16ClF3N2O5. The van der Waals surface area contributed by atoms with Crippen LogP contribution in [0.4, 0.5) is 13.2 Å². The van der Waals surface area contributed by atoms with E-state index in [1.54, 1.807) is 0 Å². The smallest absolute Gasteiger partial charge is 0.430 e. The van der Waals surface area contributed by atoms with Crippen molar-refractivity contribution in [1.82, 2.24) is 0 Å². The van der Waals surface area contributed by atoms with Gasteiger partial charge in [0.1, 0.15) is 5.75 Å². The summed E-state index contributed by atoms with van der Waals surface area (Å²) < 4.78 is 49.8. The first kappa shape index (κ1) is 20.8. The van der Waals surface area contributed by atoms with Crippen LogP contribution in [-0.2, 0) is 19.8 Å². The van der Waals surface area contributed by atoms with Crippen molar-refractivity contribution < 1.29 is 37.6 Å². The Labute approximate surface area is 157 Å². The third-order valence-corrected chi connectivity index (χ3v) is 3.94. The van der Waals surface area contributed by atoms with Gasteiger partial charge in [-0.15, -0.1) is 0 Å². The lowest BCUT2D eigenvalue weighted by Gasteiger charge is -2.30. The Morgan fingerprint density at radius 1 is 1.37 bits per heavy atom. The fraction of sp³-hybridized carbons (Fsp3) is 0.438. The quantitative estimate of drug-likeness (QED) is 0.272. The fourth-order valence-electron chi connectivity index (χ4n) is 2.42. The van der Waals surface area contributed by atoms with E-state index in [1.165, 1.54) is 12.1 Å². The van der Waals surface area contributed by atoms with Crippen molar-refractivity contribution in [2.45, 2.75) is 38.5 Å². The molecule has 0 amide bonds. The van der Waals surface area contributed by atoms with Gasteiger partial charge in [-0.3, -0.25) is 0 Å². The number of benzene rings is 1. The summed E-state index contributed by atoms with van der Waals surface area (Å²) in [6.45, 7) is 4.70. The summed E-state index contributed by atoms with van der Waals surface area (Å²) in [7, 11) is 0. The number of hydrogen-bond donors (Lipinski definition) is 1. The van der Waals surface area contributed by atoms with Gasteiger partial charge in [-0.1, -0.05) is 37.6 Å². The minimum absolute atomic E-state index is 0.0509. The molecule has 1 aromatic carbocycles. The summed E-state index contributed by atoms with van der Waals surface area (Å²) in [5.41, 5.74) is -0.410. The van der Waals surface area contributed by atoms with Crippen molar-refractivity contribution in [3.05, 3.63) is 39.1 Å². The lowest BCUT2D eigenvalue weighted by Crippen LogP contribution is -2.56. The number of nitrogens with one attached hydrogen (secondary N) is 1. The number of hydrogen-bond acceptors (Lipinski definition) is 6. The first-order chi connectivity index (χ1) is 12.4. The molecule has 1 atom stereocenters. The first-order valence-electron chi connectivity index (χ1n) is 7.60. The van der Waals surface area contributed by atoms with Crippen LogP contribution in [0.5, 0.6) is 5.75 Å². The molecule has 7 nitrogen and oxygen atoms in total. The minimum atomic E-state index is -4.87. The van der Waals surface area contributed by atoms with Gasteiger partial charge in [-0.2, -0.15) is 13.2 Å². The summed E-state index contributed by atoms with van der Waals surface area (Å²) in [5.74, 6) is -1.38. The Morgan fingerprint density at radius 3 is 2.59 bits per heavy atom. The van der Waals surface area contributed by atoms with Gasteiger partial charge in [0, 0.05) is 10.6 Å². The molecule has 1 aliphatic heterocycles. The molecule has 1 heterocycles. The SMILES string of the molecule is CC(C)(C)c1cc2c(cc1Cl)C=C(C(=O)OCO/N=[NH+]\[O-])[C@@H](C(F)(F)F)O2. The Bertz CT molecular complexity index is 787. The second kappa shape index (κ2) is 7.63. The number of alkyl halides is 3. The first-order valence-corrected chi connectivity index (χ1v) is 7.98. The summed E-state index contributed by atoms with van der Waals surface area (Å²) in [4.78, 5) is 16.2. The van der Waals surface area contributed by atoms with E-state index in [4.69, 9.17) is 16.3 Å². The normalized spacial score (nSPS) is 17.1. The summed E-state index contributed by atoms with van der Waals surface area (Å²) in [5, 5.41) is 13.9. The molecule has 0 spiro atoms. The molecule has 148 valence electrons. The van der Waals surface area contributed by atoms with Crippen molar-refractivity contribution in [3.8, 4) is 5.75 Å². The molecule has 0 radical (unpaired) electrons. The van der Waals surface area contributed by atoms with Gasteiger partial charge >= 0.3 is 12.1 Å². The second-order valence-corrected chi connectivity index (χ2v) is 7.03. The number of carbonyl (C=O) groups excluding carboxylic acids is 1. The predicted molar refractivity (Wildman–Crippen MR) is 87.4 cm³/mol. The topological polar surface area (TPSA) is 94.2 Å². The molecule has 2 rings (SSSR count). The number of rotatable bonds is 4. The van der Waals surface area contributed by atoms with E-state index in [9.17, 15) is 23.2 Å². The zero-order valence-corrected chi connectivity index (χ0v) is 15.3. The molecule has 11 heteroatoms. The van der Waals surface area contributed by atoms with Gasteiger partial charge in [0.25, 0.3) is 6.79 Å². The molecule has 0 saturated heterocycles. The van der Waals surface area contributed by atoms with Gasteiger partial charge in [0.15, 0.2) is 0 Å². The molecular weight excluding hydrogens is 393 g/mol. The maximum atomic E-state index is 13.4. The van der Waals surface area contributed by atoms with Gasteiger partial charge in [0.2, 0.25) is 11.4 Å². The van der Waals surface area contributed by atoms with Crippen LogP contribution >= 0.6 is 11.6 Å². The highest BCUT2D eigenvalue weighted by Crippen LogP contribution is 2.42. The highest BCUT2D eigenvalue weighted by molar-refractivity contribution is 6.31. The predicted octanol–water partition coefficient (Wildman–Crippen LogP) is 2.81. The average Bonchev–Trinajstić information content (AvgIpc) is 2.55. The van der Waals surface area contributed by atoms with Crippen LogP contribution in [0.15, 0.2) is 23.0 Å². The van der Waals surface area contributed by atoms with Crippen LogP contribution in [-0.4, -0.2) is 25.0 Å². The maximum Gasteiger partial charge on any atom is 0.430 e. The number of esters is 1. The lowest BCUT2D eigenvalue weighted by molar-refractivity contribution is -0.498. The van der Waals surface area contributed by atoms with Crippen LogP contribution in [0, 0.1) is 5.21 Å². The van der Waals surface area contributed by atoms with Crippen molar-refractivity contribution in [2.75, 3.05) is 6.79 Å². The molecule has 0 bridgehead atoms. The summed E-state index contributed by atoms with van der Waals surface area (Å²) >= 11 is 6.23. The number of ether oxygens (including phenoxy) is 2. The molecule has 1 aromatic rings. The maximum absolute atomic E-state index is 13.4. The standard InChI is InChI=1S/C16H16ClF3N2O5/c1-15(2,3)10-6-12-8(5-11(10)17)4-9(13(27-12)16(18,19)20)14(23)25-7-26-22-21-24/h4-6,13,21H,7H2,1-3H3/t13-/m0/s1. The monoisotopic (exact) mass is 408 g/mol. The number of carbonyl (C=O) groups is 1. The van der Waals surface area contributed by atoms with Crippen molar-refractivity contribution in [2.24, 2.45) is 5.28 Å². The third-order valence-electron chi connectivity index (χ3n) is 3.62. The van der Waals surface area contributed by atoms with Crippen molar-refractivity contribution >= 4 is 23.6 Å². The molecule has 27 heavy (non-hydrogen) atoms. The zero-order chi connectivity index (χ0) is 20.4. The third kappa shape index (κ3) is 4.82. The number of halogens is 4. The molecule has 1 aliphatic rings. The minimum Gasteiger partial charge on any atom is -0.599 e. The van der Waals surface area contributed by atoms with E-state index in [0.29, 0.717) is 10.6 Å². The van der Waals surface area contributed by atoms with Gasteiger partial charge in [-0.25, -0.2) is 4.79 Å². The van der Waals surface area contributed by atoms with Crippen LogP contribution < -0.4 is 10.0 Å². The van der Waals surface area contributed by atoms with Gasteiger partial charge in [-0.05, 0) is 29.2 Å². The zero-order valence-electron chi connectivity index (χ0n) is 14.5. The van der Waals surface area contributed by atoms with Gasteiger partial charge < -0.3 is 19.5 Å². The Kier molecular flexibility index (Phi) is 5.88. The number of fused-ring (bicyclic) bond motifs is 1. The van der Waals surface area contributed by atoms with Gasteiger partial charge in [0.05, 0.1) is 5.57 Å². The molecule has 0 aromatic heterocycles. The van der Waals surface area contributed by atoms with Crippen LogP contribution in [0.25, 0.3) is 6.08 Å². The Balaban J connectivity index is 2.43. The van der Waals surface area contributed by atoms with Crippen molar-refractivity contribution in [3.63, 3.8) is 0 Å². The van der Waals surface area contributed by atoms with Crippen LogP contribution in [0.2, 0.25) is 5.02 Å². The van der Waals surface area contributed by atoms with Crippen molar-refractivity contribution in [1.29, 1.82) is 0 Å². The highest BCUT2D eigenvalue weighted by Gasteiger charge is 2.49. The van der Waals surface area contributed by atoms with E-state index in [-0.39, 0.29) is 11.3 Å². The molecule has 1 N–H and O–H groups in total. The largest absolute Gasteiger partial charge is 0.599 e. The summed E-state index contributed by atoms with van der Waals surface area (Å²) in [6.07, 6.45) is -6.40. The molecule has 0 unspecified atom stereocenters. The second-order valence-electron chi connectivity index (χ2n) is 6.62. The van der Waals surface area contributed by atoms with E-state index in [1.807, 2.05) is 20.8 Å². The van der Waals surface area contributed by atoms with E-state index >= 15 is 0 Å². The Morgan fingerprint density at radius 2 is 2.04 bits per heavy atom. The van der Waals surface area contributed by atoms with Crippen LogP contribution in [0.3, 0.4) is 0 Å². The Hall–Kier alpha value is -2.49. The number of nitrogens with zero attached hydrogens (tertiary/aromatic N) is 1. The molecule has 0 aliphatic carbocycles. The highest BCUT2D eigenvalue weighted by atomic mass is 35.5. The lowest BCUT2D eigenvalue weighted by atomic mass is 9.85. The summed E-state index contributed by atoms with van der Waals surface area (Å²) in [6, 6.07) is 2.85. The fourth-order valence-corrected chi connectivity index (χ4v) is 2.87. The van der Waals surface area contributed by atoms with E-state index < -0.39 is 36.0 Å². The molecule has 0 saturated carbocycles. The average molecular weight is 409 g/mol.